The fourth-order valence-corrected chi connectivity index (χ4v) is 3.01. The number of nitrogens with one attached hydrogen (secondary N) is 2. The number of aliphatic hydroxyl groups is 1. The van der Waals surface area contributed by atoms with Gasteiger partial charge in [0.05, 0.1) is 11.0 Å². The van der Waals surface area contributed by atoms with Gasteiger partial charge < -0.3 is 15.7 Å². The Morgan fingerprint density at radius 2 is 2.41 bits per heavy atom. The minimum absolute atomic E-state index is 0. The Morgan fingerprint density at radius 1 is 1.65 bits per heavy atom. The summed E-state index contributed by atoms with van der Waals surface area (Å²) >= 11 is 4.71. The first-order chi connectivity index (χ1) is 7.66. The first-order valence-corrected chi connectivity index (χ1v) is 6.75. The summed E-state index contributed by atoms with van der Waals surface area (Å²) in [6.45, 7) is 1.89. The average Bonchev–Trinajstić information content (AvgIpc) is 2.84. The molecule has 1 fully saturated rings. The molecule has 2 unspecified atom stereocenters. The van der Waals surface area contributed by atoms with Crippen molar-refractivity contribution in [2.24, 2.45) is 5.92 Å². The van der Waals surface area contributed by atoms with Gasteiger partial charge in [-0.2, -0.15) is 0 Å². The van der Waals surface area contributed by atoms with Crippen LogP contribution in [0.2, 0.25) is 0 Å². The molecule has 1 aromatic heterocycles. The molecule has 0 aromatic carbocycles. The molecule has 1 saturated heterocycles. The highest BCUT2D eigenvalue weighted by Gasteiger charge is 2.25. The third kappa shape index (κ3) is 3.93. The Kier molecular flexibility index (Phi) is 5.88. The second-order valence-corrected chi connectivity index (χ2v) is 5.65. The predicted molar refractivity (Wildman–Crippen MR) is 74.0 cm³/mol. The van der Waals surface area contributed by atoms with Crippen molar-refractivity contribution in [1.82, 2.24) is 10.6 Å². The van der Waals surface area contributed by atoms with Crippen molar-refractivity contribution in [3.05, 3.63) is 20.8 Å². The van der Waals surface area contributed by atoms with Crippen molar-refractivity contribution < 1.29 is 9.90 Å². The van der Waals surface area contributed by atoms with E-state index < -0.39 is 0 Å². The quantitative estimate of drug-likeness (QED) is 0.775. The molecule has 1 aliphatic rings. The summed E-state index contributed by atoms with van der Waals surface area (Å²) in [6, 6.07) is 1.79. The first-order valence-electron chi connectivity index (χ1n) is 5.08. The van der Waals surface area contributed by atoms with E-state index in [1.54, 1.807) is 6.07 Å². The summed E-state index contributed by atoms with van der Waals surface area (Å²) in [4.78, 5) is 12.4. The molecule has 1 aromatic rings. The smallest absolute Gasteiger partial charge is 0.261 e. The van der Waals surface area contributed by atoms with Crippen LogP contribution in [-0.2, 0) is 0 Å². The normalized spacial score (nSPS) is 23.2. The van der Waals surface area contributed by atoms with Crippen molar-refractivity contribution in [3.8, 4) is 0 Å². The van der Waals surface area contributed by atoms with Crippen molar-refractivity contribution in [2.75, 3.05) is 19.6 Å². The zero-order chi connectivity index (χ0) is 11.5. The van der Waals surface area contributed by atoms with Crippen LogP contribution in [0.1, 0.15) is 9.67 Å². The Labute approximate surface area is 118 Å². The maximum Gasteiger partial charge on any atom is 0.261 e. The number of β-amino-alcohol motifs (C(OH)–C–C–N with tert-alkyl or cyclic N) is 1. The highest BCUT2D eigenvalue weighted by Crippen LogP contribution is 2.19. The minimum atomic E-state index is -0.352. The van der Waals surface area contributed by atoms with E-state index in [-0.39, 0.29) is 30.3 Å². The summed E-state index contributed by atoms with van der Waals surface area (Å²) in [6.07, 6.45) is -0.352. The molecule has 0 radical (unpaired) electrons. The first kappa shape index (κ1) is 14.9. The van der Waals surface area contributed by atoms with Gasteiger partial charge >= 0.3 is 0 Å². The Bertz CT molecular complexity index is 388. The van der Waals surface area contributed by atoms with E-state index in [0.29, 0.717) is 18.0 Å². The van der Waals surface area contributed by atoms with Gasteiger partial charge in [0.15, 0.2) is 0 Å². The van der Waals surface area contributed by atoms with Crippen LogP contribution in [0.3, 0.4) is 0 Å². The number of amides is 1. The third-order valence-corrected chi connectivity index (χ3v) is 4.31. The van der Waals surface area contributed by atoms with E-state index in [4.69, 9.17) is 0 Å². The number of carbonyl (C=O) groups excluding carboxylic acids is 1. The molecule has 7 heteroatoms. The maximum atomic E-state index is 11.7. The zero-order valence-electron chi connectivity index (χ0n) is 8.98. The van der Waals surface area contributed by atoms with Gasteiger partial charge in [0.25, 0.3) is 5.91 Å². The molecular formula is C10H14BrClN2O2S. The minimum Gasteiger partial charge on any atom is -0.391 e. The second kappa shape index (κ2) is 6.70. The lowest BCUT2D eigenvalue weighted by atomic mass is 10.1. The van der Waals surface area contributed by atoms with Crippen molar-refractivity contribution in [1.29, 1.82) is 0 Å². The van der Waals surface area contributed by atoms with Gasteiger partial charge in [-0.05, 0) is 22.0 Å². The largest absolute Gasteiger partial charge is 0.391 e. The van der Waals surface area contributed by atoms with Crippen LogP contribution in [0.25, 0.3) is 0 Å². The van der Waals surface area contributed by atoms with Crippen LogP contribution in [0.15, 0.2) is 15.9 Å². The van der Waals surface area contributed by atoms with Crippen LogP contribution < -0.4 is 10.6 Å². The number of hydrogen-bond donors (Lipinski definition) is 3. The van der Waals surface area contributed by atoms with Crippen LogP contribution in [0.5, 0.6) is 0 Å². The SMILES string of the molecule is Cl.O=C(NCC1CNCC1O)c1cc(Br)cs1. The standard InChI is InChI=1S/C10H13BrN2O2S.ClH/c11-7-1-9(16-5-7)10(15)13-3-6-2-12-4-8(6)14;/h1,5-6,8,12,14H,2-4H2,(H,13,15);1H. The molecule has 96 valence electrons. The number of halogens is 2. The number of carbonyl (C=O) groups is 1. The molecular weight excluding hydrogens is 328 g/mol. The van der Waals surface area contributed by atoms with E-state index in [2.05, 4.69) is 26.6 Å². The van der Waals surface area contributed by atoms with Crippen LogP contribution in [0, 0.1) is 5.92 Å². The van der Waals surface area contributed by atoms with Crippen molar-refractivity contribution in [3.63, 3.8) is 0 Å². The molecule has 2 atom stereocenters. The monoisotopic (exact) mass is 340 g/mol. The lowest BCUT2D eigenvalue weighted by molar-refractivity contribution is 0.0931. The molecule has 0 aliphatic carbocycles. The molecule has 4 nitrogen and oxygen atoms in total. The lowest BCUT2D eigenvalue weighted by Crippen LogP contribution is -2.34. The molecule has 2 rings (SSSR count). The average molecular weight is 342 g/mol. The molecule has 17 heavy (non-hydrogen) atoms. The van der Waals surface area contributed by atoms with Crippen molar-refractivity contribution in [2.45, 2.75) is 6.10 Å². The number of rotatable bonds is 3. The third-order valence-electron chi connectivity index (χ3n) is 2.62. The summed E-state index contributed by atoms with van der Waals surface area (Å²) in [5, 5.41) is 17.4. The van der Waals surface area contributed by atoms with Crippen LogP contribution in [-0.4, -0.2) is 36.8 Å². The van der Waals surface area contributed by atoms with E-state index in [1.807, 2.05) is 5.38 Å². The molecule has 0 bridgehead atoms. The van der Waals surface area contributed by atoms with Crippen molar-refractivity contribution >= 4 is 45.6 Å². The topological polar surface area (TPSA) is 61.4 Å². The maximum absolute atomic E-state index is 11.7. The second-order valence-electron chi connectivity index (χ2n) is 3.82. The Balaban J connectivity index is 0.00000144. The van der Waals surface area contributed by atoms with E-state index in [9.17, 15) is 9.90 Å². The van der Waals surface area contributed by atoms with Gasteiger partial charge in [-0.1, -0.05) is 0 Å². The summed E-state index contributed by atoms with van der Waals surface area (Å²) in [5.74, 6) is 0.0437. The van der Waals surface area contributed by atoms with Gasteiger partial charge in [-0.15, -0.1) is 23.7 Å². The predicted octanol–water partition coefficient (Wildman–Crippen LogP) is 1.24. The highest BCUT2D eigenvalue weighted by molar-refractivity contribution is 9.10. The number of thiophene rings is 1. The molecule has 0 saturated carbocycles. The lowest BCUT2D eigenvalue weighted by Gasteiger charge is -2.13. The van der Waals surface area contributed by atoms with Crippen LogP contribution >= 0.6 is 39.7 Å². The van der Waals surface area contributed by atoms with E-state index >= 15 is 0 Å². The Hall–Kier alpha value is -0.140. The molecule has 0 spiro atoms. The number of aliphatic hydroxyl groups excluding tert-OH is 1. The summed E-state index contributed by atoms with van der Waals surface area (Å²) in [5.41, 5.74) is 0. The molecule has 1 amide bonds. The van der Waals surface area contributed by atoms with E-state index in [1.165, 1.54) is 11.3 Å². The van der Waals surface area contributed by atoms with Gasteiger partial charge in [-0.25, -0.2) is 0 Å². The van der Waals surface area contributed by atoms with Crippen LogP contribution in [0.4, 0.5) is 0 Å². The molecule has 1 aliphatic heterocycles. The van der Waals surface area contributed by atoms with E-state index in [0.717, 1.165) is 11.0 Å². The molecule has 2 heterocycles. The van der Waals surface area contributed by atoms with Gasteiger partial charge in [0.1, 0.15) is 0 Å². The summed E-state index contributed by atoms with van der Waals surface area (Å²) in [7, 11) is 0. The molecule has 3 N–H and O–H groups in total. The Morgan fingerprint density at radius 3 is 2.94 bits per heavy atom. The summed E-state index contributed by atoms with van der Waals surface area (Å²) < 4.78 is 0.921. The number of hydrogen-bond acceptors (Lipinski definition) is 4. The highest BCUT2D eigenvalue weighted by atomic mass is 79.9. The van der Waals surface area contributed by atoms with Gasteiger partial charge in [0.2, 0.25) is 0 Å². The fraction of sp³-hybridized carbons (Fsp3) is 0.500. The van der Waals surface area contributed by atoms with Gasteiger partial charge in [0, 0.05) is 35.4 Å². The zero-order valence-corrected chi connectivity index (χ0v) is 12.2. The van der Waals surface area contributed by atoms with Gasteiger partial charge in [-0.3, -0.25) is 4.79 Å². The fourth-order valence-electron chi connectivity index (χ4n) is 1.67.